The maximum Gasteiger partial charge on any atom is 0.305 e. The first-order valence-electron chi connectivity index (χ1n) is 11.3. The highest BCUT2D eigenvalue weighted by molar-refractivity contribution is 7.19. The van der Waals surface area contributed by atoms with Crippen molar-refractivity contribution in [2.45, 2.75) is 45.1 Å². The van der Waals surface area contributed by atoms with E-state index < -0.39 is 17.9 Å². The van der Waals surface area contributed by atoms with E-state index >= 15 is 0 Å². The van der Waals surface area contributed by atoms with Crippen molar-refractivity contribution in [3.8, 4) is 16.9 Å². The molecule has 0 aliphatic carbocycles. The molecule has 1 atom stereocenters. The van der Waals surface area contributed by atoms with Crippen molar-refractivity contribution in [3.05, 3.63) is 57.6 Å². The molecule has 8 nitrogen and oxygen atoms in total. The monoisotopic (exact) mass is 531 g/mol. The number of carbonyl (C=O) groups is 1. The lowest BCUT2D eigenvalue weighted by molar-refractivity contribution is -0.139. The number of amides is 1. The molecule has 1 aromatic carbocycles. The Kier molecular flexibility index (Phi) is 5.47. The largest absolute Gasteiger partial charge is 0.479 e. The molecule has 0 bridgehead atoms. The van der Waals surface area contributed by atoms with Crippen LogP contribution in [0.4, 0.5) is 8.78 Å². The summed E-state index contributed by atoms with van der Waals surface area (Å²) in [6.07, 6.45) is 1.26. The van der Waals surface area contributed by atoms with Crippen LogP contribution in [0.5, 0.6) is 5.75 Å². The second-order valence-electron chi connectivity index (χ2n) is 8.92. The minimum absolute atomic E-state index is 0.0792. The summed E-state index contributed by atoms with van der Waals surface area (Å²) in [5, 5.41) is 14.0. The van der Waals surface area contributed by atoms with Crippen LogP contribution in [-0.4, -0.2) is 48.3 Å². The summed E-state index contributed by atoms with van der Waals surface area (Å²) in [6.45, 7) is 1.35. The van der Waals surface area contributed by atoms with Gasteiger partial charge < -0.3 is 14.7 Å². The second-order valence-corrected chi connectivity index (χ2v) is 10.5. The molecule has 0 saturated carbocycles. The zero-order valence-corrected chi connectivity index (χ0v) is 20.6. The second kappa shape index (κ2) is 8.46. The molecule has 4 aromatic rings. The Morgan fingerprint density at radius 3 is 2.92 bits per heavy atom. The number of hydrogen-bond acceptors (Lipinski definition) is 7. The highest BCUT2D eigenvalue weighted by Gasteiger charge is 2.38. The summed E-state index contributed by atoms with van der Waals surface area (Å²) in [7, 11) is 0. The average molecular weight is 532 g/mol. The molecule has 36 heavy (non-hydrogen) atoms. The number of alkyl halides is 2. The summed E-state index contributed by atoms with van der Waals surface area (Å²) in [5.74, 6) is -3.04. The summed E-state index contributed by atoms with van der Waals surface area (Å²) >= 11 is 7.89. The Bertz CT molecular complexity index is 1520. The predicted molar refractivity (Wildman–Crippen MR) is 129 cm³/mol. The number of aliphatic hydroxyl groups excluding tert-OH is 1. The molecule has 12 heteroatoms. The van der Waals surface area contributed by atoms with E-state index in [9.17, 15) is 18.7 Å². The smallest absolute Gasteiger partial charge is 0.305 e. The predicted octanol–water partition coefficient (Wildman–Crippen LogP) is 4.16. The van der Waals surface area contributed by atoms with Crippen molar-refractivity contribution >= 4 is 39.1 Å². The van der Waals surface area contributed by atoms with Gasteiger partial charge >= 0.3 is 5.92 Å². The summed E-state index contributed by atoms with van der Waals surface area (Å²) < 4.78 is 35.8. The first-order valence-corrected chi connectivity index (χ1v) is 12.5. The van der Waals surface area contributed by atoms with Crippen LogP contribution in [0.1, 0.15) is 29.0 Å². The number of nitrogens with zero attached hydrogens (tertiary/aromatic N) is 5. The fourth-order valence-corrected chi connectivity index (χ4v) is 5.90. The van der Waals surface area contributed by atoms with Gasteiger partial charge in [-0.05, 0) is 24.3 Å². The minimum Gasteiger partial charge on any atom is -0.479 e. The van der Waals surface area contributed by atoms with Crippen molar-refractivity contribution in [3.63, 3.8) is 0 Å². The van der Waals surface area contributed by atoms with Gasteiger partial charge in [-0.15, -0.1) is 16.4 Å². The van der Waals surface area contributed by atoms with Gasteiger partial charge in [0.2, 0.25) is 5.82 Å². The molecule has 5 heterocycles. The van der Waals surface area contributed by atoms with Crippen LogP contribution in [0.2, 0.25) is 5.02 Å². The van der Waals surface area contributed by atoms with E-state index in [0.717, 1.165) is 38.7 Å². The van der Waals surface area contributed by atoms with Crippen LogP contribution >= 0.6 is 22.9 Å². The maximum absolute atomic E-state index is 13.7. The van der Waals surface area contributed by atoms with Gasteiger partial charge in [0.25, 0.3) is 5.91 Å². The highest BCUT2D eigenvalue weighted by atomic mass is 35.5. The third kappa shape index (κ3) is 3.91. The van der Waals surface area contributed by atoms with E-state index in [1.807, 2.05) is 12.1 Å². The number of hydrogen-bond donors (Lipinski definition) is 1. The number of benzene rings is 1. The molecule has 186 valence electrons. The first kappa shape index (κ1) is 23.3. The summed E-state index contributed by atoms with van der Waals surface area (Å²) in [6, 6.07) is 7.30. The van der Waals surface area contributed by atoms with Gasteiger partial charge in [-0.1, -0.05) is 11.6 Å². The number of rotatable bonds is 4. The fourth-order valence-electron chi connectivity index (χ4n) is 4.65. The van der Waals surface area contributed by atoms with Crippen molar-refractivity contribution in [1.29, 1.82) is 0 Å². The fraction of sp³-hybridized carbons (Fsp3) is 0.333. The molecule has 6 rings (SSSR count). The molecule has 1 amide bonds. The molecular formula is C24H20ClF2N5O3S. The lowest BCUT2D eigenvalue weighted by Gasteiger charge is -2.28. The van der Waals surface area contributed by atoms with Crippen molar-refractivity contribution in [2.75, 3.05) is 6.54 Å². The minimum atomic E-state index is -3.15. The van der Waals surface area contributed by atoms with Crippen molar-refractivity contribution < 1.29 is 23.4 Å². The van der Waals surface area contributed by atoms with Gasteiger partial charge in [-0.2, -0.15) is 8.78 Å². The van der Waals surface area contributed by atoms with Gasteiger partial charge in [0, 0.05) is 52.7 Å². The van der Waals surface area contributed by atoms with E-state index in [-0.39, 0.29) is 25.6 Å². The molecule has 0 saturated heterocycles. The SMILES string of the molecule is CC(F)(F)c1nc2n(n1)CCN(C(=O)C1Cc3cc(Cl)cc(-c4ccnc5cc(CO)sc45)c3O1)C2. The van der Waals surface area contributed by atoms with Crippen molar-refractivity contribution in [2.24, 2.45) is 0 Å². The number of thiophene rings is 1. The number of halogens is 3. The number of fused-ring (bicyclic) bond motifs is 3. The lowest BCUT2D eigenvalue weighted by atomic mass is 10.0. The Balaban J connectivity index is 1.29. The van der Waals surface area contributed by atoms with Gasteiger partial charge in [-0.3, -0.25) is 9.78 Å². The zero-order chi connectivity index (χ0) is 25.2. The first-order chi connectivity index (χ1) is 17.2. The Hall–Kier alpha value is -3.15. The summed E-state index contributed by atoms with van der Waals surface area (Å²) in [4.78, 5) is 24.1. The Morgan fingerprint density at radius 2 is 2.14 bits per heavy atom. The zero-order valence-electron chi connectivity index (χ0n) is 19.0. The highest BCUT2D eigenvalue weighted by Crippen LogP contribution is 2.45. The van der Waals surface area contributed by atoms with Gasteiger partial charge in [0.05, 0.1) is 29.9 Å². The van der Waals surface area contributed by atoms with Crippen LogP contribution in [-0.2, 0) is 36.8 Å². The molecule has 2 aliphatic rings. The van der Waals surface area contributed by atoms with E-state index in [1.54, 1.807) is 23.2 Å². The van der Waals surface area contributed by atoms with Crippen LogP contribution in [0.3, 0.4) is 0 Å². The number of ether oxygens (including phenoxy) is 1. The molecule has 0 radical (unpaired) electrons. The van der Waals surface area contributed by atoms with Gasteiger partial charge in [0.1, 0.15) is 11.6 Å². The molecular weight excluding hydrogens is 512 g/mol. The third-order valence-corrected chi connectivity index (χ3v) is 7.71. The van der Waals surface area contributed by atoms with Crippen LogP contribution in [0.15, 0.2) is 30.5 Å². The summed E-state index contributed by atoms with van der Waals surface area (Å²) in [5.41, 5.74) is 3.18. The molecule has 0 spiro atoms. The van der Waals surface area contributed by atoms with Crippen LogP contribution < -0.4 is 4.74 Å². The lowest BCUT2D eigenvalue weighted by Crippen LogP contribution is -2.45. The average Bonchev–Trinajstić information content (AvgIpc) is 3.57. The number of carbonyl (C=O) groups excluding carboxylic acids is 1. The number of aromatic nitrogens is 4. The third-order valence-electron chi connectivity index (χ3n) is 6.35. The van der Waals surface area contributed by atoms with E-state index in [4.69, 9.17) is 16.3 Å². The molecule has 0 fully saturated rings. The standard InChI is InChI=1S/C24H20ClF2N5O3S/c1-24(26,27)23-29-19-10-31(4-5-32(19)30-23)22(34)18-7-12-6-13(25)8-16(20(12)35-18)15-2-3-28-17-9-14(11-33)36-21(15)17/h2-3,6,8-9,18,33H,4-5,7,10-11H2,1H3. The number of aliphatic hydroxyl groups is 1. The Morgan fingerprint density at radius 1 is 1.31 bits per heavy atom. The van der Waals surface area contributed by atoms with Crippen molar-refractivity contribution in [1.82, 2.24) is 24.6 Å². The van der Waals surface area contributed by atoms with E-state index in [0.29, 0.717) is 29.6 Å². The normalized spacial score (nSPS) is 17.2. The molecule has 1 unspecified atom stereocenters. The molecule has 1 N–H and O–H groups in total. The quantitative estimate of drug-likeness (QED) is 0.425. The van der Waals surface area contributed by atoms with Crippen LogP contribution in [0.25, 0.3) is 21.3 Å². The van der Waals surface area contributed by atoms with Crippen LogP contribution in [0, 0.1) is 0 Å². The topological polar surface area (TPSA) is 93.4 Å². The van der Waals surface area contributed by atoms with Gasteiger partial charge in [0.15, 0.2) is 6.10 Å². The van der Waals surface area contributed by atoms with E-state index in [1.165, 1.54) is 16.0 Å². The Labute approximate surface area is 213 Å². The molecule has 2 aliphatic heterocycles. The molecule has 3 aromatic heterocycles. The van der Waals surface area contributed by atoms with E-state index in [2.05, 4.69) is 15.1 Å². The van der Waals surface area contributed by atoms with Gasteiger partial charge in [-0.25, -0.2) is 9.67 Å². The maximum atomic E-state index is 13.7. The number of pyridine rings is 1.